The van der Waals surface area contributed by atoms with Crippen molar-refractivity contribution >= 4 is 11.0 Å². The average Bonchev–Trinajstić information content (AvgIpc) is 2.60. The third kappa shape index (κ3) is 3.49. The van der Waals surface area contributed by atoms with Gasteiger partial charge in [0.1, 0.15) is 5.58 Å². The second kappa shape index (κ2) is 7.32. The van der Waals surface area contributed by atoms with E-state index >= 15 is 0 Å². The van der Waals surface area contributed by atoms with Crippen LogP contribution in [0.25, 0.3) is 22.3 Å². The van der Waals surface area contributed by atoms with Crippen LogP contribution in [0.3, 0.4) is 0 Å². The maximum atomic E-state index is 12.9. The molecule has 2 aromatic carbocycles. The molecule has 0 atom stereocenters. The number of hydrogen-bond acceptors (Lipinski definition) is 4. The molecule has 0 saturated heterocycles. The quantitative estimate of drug-likeness (QED) is 0.647. The Morgan fingerprint density at radius 3 is 2.46 bits per heavy atom. The van der Waals surface area contributed by atoms with E-state index in [1.807, 2.05) is 56.6 Å². The Balaban J connectivity index is 2.03. The molecule has 0 bridgehead atoms. The zero-order valence-corrected chi connectivity index (χ0v) is 14.0. The largest absolute Gasteiger partial charge is 0.486 e. The number of rotatable bonds is 6. The first-order valence-corrected chi connectivity index (χ1v) is 8.05. The summed E-state index contributed by atoms with van der Waals surface area (Å²) in [6.45, 7) is 1.38. The summed E-state index contributed by atoms with van der Waals surface area (Å²) in [5.74, 6) is 0.780. The molecule has 4 heteroatoms. The summed E-state index contributed by atoms with van der Waals surface area (Å²) in [7, 11) is 4.03. The molecule has 3 aromatic rings. The van der Waals surface area contributed by atoms with Gasteiger partial charge in [-0.25, -0.2) is 0 Å². The minimum atomic E-state index is -0.124. The monoisotopic (exact) mass is 323 g/mol. The fraction of sp³-hybridized carbons (Fsp3) is 0.250. The molecule has 0 aliphatic heterocycles. The van der Waals surface area contributed by atoms with Crippen molar-refractivity contribution in [2.45, 2.75) is 6.42 Å². The fourth-order valence-electron chi connectivity index (χ4n) is 2.59. The van der Waals surface area contributed by atoms with Gasteiger partial charge in [0.05, 0.1) is 12.0 Å². The van der Waals surface area contributed by atoms with Gasteiger partial charge in [-0.1, -0.05) is 42.5 Å². The first kappa shape index (κ1) is 16.3. The molecule has 0 saturated carbocycles. The second-order valence-electron chi connectivity index (χ2n) is 5.96. The summed E-state index contributed by atoms with van der Waals surface area (Å²) in [5.41, 5.74) is 1.28. The van der Waals surface area contributed by atoms with Crippen LogP contribution in [0.1, 0.15) is 6.42 Å². The highest BCUT2D eigenvalue weighted by molar-refractivity contribution is 5.81. The Kier molecular flexibility index (Phi) is 4.96. The first-order valence-electron chi connectivity index (χ1n) is 8.05. The zero-order chi connectivity index (χ0) is 16.9. The summed E-state index contributed by atoms with van der Waals surface area (Å²) in [4.78, 5) is 14.9. The van der Waals surface area contributed by atoms with Crippen LogP contribution in [0.2, 0.25) is 0 Å². The maximum Gasteiger partial charge on any atom is 0.235 e. The lowest BCUT2D eigenvalue weighted by Gasteiger charge is -2.13. The van der Waals surface area contributed by atoms with Gasteiger partial charge in [-0.3, -0.25) is 4.79 Å². The Labute approximate surface area is 141 Å². The van der Waals surface area contributed by atoms with E-state index < -0.39 is 0 Å². The molecule has 0 spiro atoms. The van der Waals surface area contributed by atoms with Gasteiger partial charge in [-0.05, 0) is 32.6 Å². The molecular weight excluding hydrogens is 302 g/mol. The summed E-state index contributed by atoms with van der Waals surface area (Å²) in [5, 5.41) is 0.541. The van der Waals surface area contributed by atoms with E-state index in [1.165, 1.54) is 0 Å². The second-order valence-corrected chi connectivity index (χ2v) is 5.96. The highest BCUT2D eigenvalue weighted by atomic mass is 16.5. The summed E-state index contributed by atoms with van der Waals surface area (Å²) in [6.07, 6.45) is 0.841. The molecule has 1 aromatic heterocycles. The minimum absolute atomic E-state index is 0.124. The summed E-state index contributed by atoms with van der Waals surface area (Å²) >= 11 is 0. The smallest absolute Gasteiger partial charge is 0.235 e. The maximum absolute atomic E-state index is 12.9. The van der Waals surface area contributed by atoms with Gasteiger partial charge >= 0.3 is 0 Å². The summed E-state index contributed by atoms with van der Waals surface area (Å²) < 4.78 is 11.9. The van der Waals surface area contributed by atoms with Crippen molar-refractivity contribution in [2.75, 3.05) is 27.2 Å². The van der Waals surface area contributed by atoms with Crippen LogP contribution in [0.5, 0.6) is 5.75 Å². The number of para-hydroxylation sites is 1. The molecule has 0 fully saturated rings. The first-order chi connectivity index (χ1) is 11.7. The Morgan fingerprint density at radius 2 is 1.71 bits per heavy atom. The predicted octanol–water partition coefficient (Wildman–Crippen LogP) is 3.79. The molecule has 0 unspecified atom stereocenters. The minimum Gasteiger partial charge on any atom is -0.486 e. The predicted molar refractivity (Wildman–Crippen MR) is 96.6 cm³/mol. The fourth-order valence-corrected chi connectivity index (χ4v) is 2.59. The van der Waals surface area contributed by atoms with E-state index in [4.69, 9.17) is 9.15 Å². The topological polar surface area (TPSA) is 42.7 Å². The van der Waals surface area contributed by atoms with Crippen LogP contribution in [-0.4, -0.2) is 32.1 Å². The van der Waals surface area contributed by atoms with Gasteiger partial charge in [0.2, 0.25) is 11.2 Å². The molecule has 0 amide bonds. The van der Waals surface area contributed by atoms with E-state index in [1.54, 1.807) is 12.1 Å². The molecule has 0 N–H and O–H groups in total. The van der Waals surface area contributed by atoms with Gasteiger partial charge in [-0.15, -0.1) is 0 Å². The van der Waals surface area contributed by atoms with Crippen LogP contribution in [-0.2, 0) is 0 Å². The number of ether oxygens (including phenoxy) is 1. The van der Waals surface area contributed by atoms with Crippen molar-refractivity contribution in [1.82, 2.24) is 4.90 Å². The lowest BCUT2D eigenvalue weighted by Crippen LogP contribution is -2.17. The van der Waals surface area contributed by atoms with Crippen molar-refractivity contribution in [1.29, 1.82) is 0 Å². The van der Waals surface area contributed by atoms with Crippen molar-refractivity contribution < 1.29 is 9.15 Å². The van der Waals surface area contributed by atoms with Crippen molar-refractivity contribution in [2.24, 2.45) is 0 Å². The average molecular weight is 323 g/mol. The Hall–Kier alpha value is -2.59. The van der Waals surface area contributed by atoms with Crippen LogP contribution < -0.4 is 10.2 Å². The van der Waals surface area contributed by atoms with Crippen LogP contribution in [0, 0.1) is 0 Å². The molecule has 124 valence electrons. The highest BCUT2D eigenvalue weighted by Crippen LogP contribution is 2.30. The van der Waals surface area contributed by atoms with Gasteiger partial charge in [0, 0.05) is 12.1 Å². The van der Waals surface area contributed by atoms with Crippen LogP contribution in [0.4, 0.5) is 0 Å². The molecule has 4 nitrogen and oxygen atoms in total. The Morgan fingerprint density at radius 1 is 1.00 bits per heavy atom. The van der Waals surface area contributed by atoms with E-state index in [-0.39, 0.29) is 5.43 Å². The van der Waals surface area contributed by atoms with E-state index in [2.05, 4.69) is 4.90 Å². The Bertz CT molecular complexity index is 869. The molecule has 0 radical (unpaired) electrons. The molecule has 1 heterocycles. The third-order valence-corrected chi connectivity index (χ3v) is 3.79. The third-order valence-electron chi connectivity index (χ3n) is 3.79. The number of benzene rings is 2. The lowest BCUT2D eigenvalue weighted by molar-refractivity contribution is 0.276. The van der Waals surface area contributed by atoms with Crippen molar-refractivity contribution in [3.05, 3.63) is 64.8 Å². The molecule has 0 aliphatic rings. The highest BCUT2D eigenvalue weighted by Gasteiger charge is 2.17. The number of fused-ring (bicyclic) bond motifs is 1. The normalized spacial score (nSPS) is 11.1. The van der Waals surface area contributed by atoms with Gasteiger partial charge in [-0.2, -0.15) is 0 Å². The van der Waals surface area contributed by atoms with Gasteiger partial charge in [0.15, 0.2) is 5.76 Å². The standard InChI is InChI=1S/C20H21NO3/c1-21(2)13-8-14-23-20-18(22)16-11-6-7-12-17(16)24-19(20)15-9-4-3-5-10-15/h3-7,9-12H,8,13-14H2,1-2H3. The van der Waals surface area contributed by atoms with Gasteiger partial charge < -0.3 is 14.1 Å². The number of nitrogens with zero attached hydrogens (tertiary/aromatic N) is 1. The molecule has 0 aliphatic carbocycles. The van der Waals surface area contributed by atoms with E-state index in [0.717, 1.165) is 18.5 Å². The molecular formula is C20H21NO3. The number of hydrogen-bond donors (Lipinski definition) is 0. The summed E-state index contributed by atoms with van der Waals surface area (Å²) in [6, 6.07) is 16.9. The SMILES string of the molecule is CN(C)CCCOc1c(-c2ccccc2)oc2ccccc2c1=O. The van der Waals surface area contributed by atoms with E-state index in [0.29, 0.717) is 29.1 Å². The lowest BCUT2D eigenvalue weighted by atomic mass is 10.1. The van der Waals surface area contributed by atoms with E-state index in [9.17, 15) is 4.79 Å². The van der Waals surface area contributed by atoms with Crippen LogP contribution in [0.15, 0.2) is 63.8 Å². The van der Waals surface area contributed by atoms with Crippen LogP contribution >= 0.6 is 0 Å². The van der Waals surface area contributed by atoms with Crippen molar-refractivity contribution in [3.8, 4) is 17.1 Å². The van der Waals surface area contributed by atoms with Crippen molar-refractivity contribution in [3.63, 3.8) is 0 Å². The molecule has 24 heavy (non-hydrogen) atoms. The molecule has 3 rings (SSSR count). The van der Waals surface area contributed by atoms with Gasteiger partial charge in [0.25, 0.3) is 0 Å². The zero-order valence-electron chi connectivity index (χ0n) is 14.0.